The molecule has 2 amide bonds. The summed E-state index contributed by atoms with van der Waals surface area (Å²) in [4.78, 5) is 27.2. The molecule has 0 aliphatic carbocycles. The van der Waals surface area contributed by atoms with E-state index in [1.54, 1.807) is 23.8 Å². The van der Waals surface area contributed by atoms with Gasteiger partial charge < -0.3 is 19.0 Å². The maximum atomic E-state index is 12.3. The smallest absolute Gasteiger partial charge is 0.251 e. The molecule has 0 spiro atoms. The number of hydrogen-bond donors (Lipinski definition) is 0. The van der Waals surface area contributed by atoms with Crippen LogP contribution in [0.4, 0.5) is 0 Å². The van der Waals surface area contributed by atoms with E-state index in [2.05, 4.69) is 10.2 Å². The molecular weight excluding hydrogens is 336 g/mol. The molecule has 2 heterocycles. The van der Waals surface area contributed by atoms with Gasteiger partial charge in [0.25, 0.3) is 5.89 Å². The summed E-state index contributed by atoms with van der Waals surface area (Å²) in [6, 6.07) is 7.40. The molecule has 1 aliphatic rings. The monoisotopic (exact) mass is 358 g/mol. The van der Waals surface area contributed by atoms with Crippen molar-refractivity contribution in [1.29, 1.82) is 0 Å². The van der Waals surface area contributed by atoms with Crippen molar-refractivity contribution in [2.24, 2.45) is 0 Å². The fourth-order valence-corrected chi connectivity index (χ4v) is 2.93. The van der Waals surface area contributed by atoms with Crippen LogP contribution in [0.25, 0.3) is 11.5 Å². The molecule has 0 atom stereocenters. The molecule has 26 heavy (non-hydrogen) atoms. The molecule has 0 bridgehead atoms. The highest BCUT2D eigenvalue weighted by molar-refractivity contribution is 5.77. The topological polar surface area (TPSA) is 88.8 Å². The van der Waals surface area contributed by atoms with Gasteiger partial charge in [-0.2, -0.15) is 0 Å². The Hall–Kier alpha value is -2.90. The van der Waals surface area contributed by atoms with Crippen LogP contribution in [0.1, 0.15) is 19.2 Å². The fraction of sp³-hybridized carbons (Fsp3) is 0.444. The van der Waals surface area contributed by atoms with Gasteiger partial charge in [0.15, 0.2) is 0 Å². The molecule has 1 aromatic heterocycles. The van der Waals surface area contributed by atoms with Crippen LogP contribution >= 0.6 is 0 Å². The van der Waals surface area contributed by atoms with E-state index in [9.17, 15) is 9.59 Å². The molecular formula is C18H22N4O4. The molecule has 1 fully saturated rings. The van der Waals surface area contributed by atoms with Crippen molar-refractivity contribution < 1.29 is 18.7 Å². The Morgan fingerprint density at radius 2 is 1.81 bits per heavy atom. The number of rotatable bonds is 5. The first kappa shape index (κ1) is 17.9. The third kappa shape index (κ3) is 4.01. The van der Waals surface area contributed by atoms with E-state index in [0.717, 1.165) is 5.56 Å². The number of aromatic nitrogens is 2. The van der Waals surface area contributed by atoms with Crippen molar-refractivity contribution in [3.8, 4) is 17.2 Å². The lowest BCUT2D eigenvalue weighted by Gasteiger charge is -2.34. The van der Waals surface area contributed by atoms with Crippen LogP contribution in [0.2, 0.25) is 0 Å². The van der Waals surface area contributed by atoms with E-state index in [-0.39, 0.29) is 11.8 Å². The highest BCUT2D eigenvalue weighted by Crippen LogP contribution is 2.28. The lowest BCUT2D eigenvalue weighted by molar-refractivity contribution is -0.138. The Balaban J connectivity index is 1.55. The minimum Gasteiger partial charge on any atom is -0.496 e. The van der Waals surface area contributed by atoms with E-state index in [4.69, 9.17) is 9.15 Å². The molecule has 1 aliphatic heterocycles. The second-order valence-corrected chi connectivity index (χ2v) is 6.09. The summed E-state index contributed by atoms with van der Waals surface area (Å²) in [6.45, 7) is 3.84. The van der Waals surface area contributed by atoms with Crippen molar-refractivity contribution >= 4 is 11.8 Å². The normalized spacial score (nSPS) is 14.4. The van der Waals surface area contributed by atoms with Crippen LogP contribution in [0.5, 0.6) is 5.75 Å². The number of carbonyl (C=O) groups excluding carboxylic acids is 2. The van der Waals surface area contributed by atoms with Crippen LogP contribution in [0, 0.1) is 0 Å². The Morgan fingerprint density at radius 1 is 1.12 bits per heavy atom. The average molecular weight is 358 g/mol. The van der Waals surface area contributed by atoms with Gasteiger partial charge in [0.05, 0.1) is 12.7 Å². The highest BCUT2D eigenvalue weighted by atomic mass is 16.5. The number of carbonyl (C=O) groups is 2. The van der Waals surface area contributed by atoms with E-state index in [1.807, 2.05) is 24.3 Å². The number of para-hydroxylation sites is 1. The van der Waals surface area contributed by atoms with Gasteiger partial charge in [0, 0.05) is 45.9 Å². The number of aryl methyl sites for hydroxylation is 1. The largest absolute Gasteiger partial charge is 0.496 e. The summed E-state index contributed by atoms with van der Waals surface area (Å²) in [5.74, 6) is 1.53. The van der Waals surface area contributed by atoms with Crippen molar-refractivity contribution in [2.45, 2.75) is 19.8 Å². The molecule has 2 aromatic rings. The van der Waals surface area contributed by atoms with Crippen LogP contribution < -0.4 is 4.74 Å². The number of hydrogen-bond acceptors (Lipinski definition) is 6. The van der Waals surface area contributed by atoms with Gasteiger partial charge in [-0.15, -0.1) is 10.2 Å². The number of amides is 2. The Bertz CT molecular complexity index is 781. The number of benzene rings is 1. The van der Waals surface area contributed by atoms with Gasteiger partial charge in [-0.1, -0.05) is 12.1 Å². The summed E-state index contributed by atoms with van der Waals surface area (Å²) in [5.41, 5.74) is 0.723. The van der Waals surface area contributed by atoms with Crippen molar-refractivity contribution in [3.63, 3.8) is 0 Å². The first-order valence-corrected chi connectivity index (χ1v) is 8.57. The average Bonchev–Trinajstić information content (AvgIpc) is 3.15. The lowest BCUT2D eigenvalue weighted by atomic mass is 10.2. The summed E-state index contributed by atoms with van der Waals surface area (Å²) in [5, 5.41) is 8.07. The predicted molar refractivity (Wildman–Crippen MR) is 93.4 cm³/mol. The third-order valence-electron chi connectivity index (χ3n) is 4.43. The summed E-state index contributed by atoms with van der Waals surface area (Å²) >= 11 is 0. The summed E-state index contributed by atoms with van der Waals surface area (Å²) < 4.78 is 11.0. The number of ether oxygens (including phenoxy) is 1. The molecule has 0 unspecified atom stereocenters. The van der Waals surface area contributed by atoms with Gasteiger partial charge in [0.1, 0.15) is 5.75 Å². The standard InChI is InChI=1S/C18H22N4O4/c1-13(23)21-9-11-22(12-10-21)17(24)8-7-16-19-20-18(26-16)14-5-3-4-6-15(14)25-2/h3-6H,7-12H2,1-2H3. The number of piperazine rings is 1. The zero-order valence-electron chi connectivity index (χ0n) is 15.0. The summed E-state index contributed by atoms with van der Waals surface area (Å²) in [6.07, 6.45) is 0.682. The first-order chi connectivity index (χ1) is 12.6. The van der Waals surface area contributed by atoms with Crippen molar-refractivity contribution in [2.75, 3.05) is 33.3 Å². The number of nitrogens with zero attached hydrogens (tertiary/aromatic N) is 4. The van der Waals surface area contributed by atoms with Gasteiger partial charge in [-0.05, 0) is 12.1 Å². The molecule has 1 saturated heterocycles. The Morgan fingerprint density at radius 3 is 2.50 bits per heavy atom. The quantitative estimate of drug-likeness (QED) is 0.802. The Labute approximate surface area is 151 Å². The molecule has 8 heteroatoms. The van der Waals surface area contributed by atoms with Gasteiger partial charge in [-0.3, -0.25) is 9.59 Å². The van der Waals surface area contributed by atoms with Gasteiger partial charge >= 0.3 is 0 Å². The zero-order valence-corrected chi connectivity index (χ0v) is 15.0. The molecule has 0 radical (unpaired) electrons. The molecule has 138 valence electrons. The van der Waals surface area contributed by atoms with E-state index >= 15 is 0 Å². The van der Waals surface area contributed by atoms with Crippen LogP contribution in [-0.4, -0.2) is 65.1 Å². The van der Waals surface area contributed by atoms with E-state index in [0.29, 0.717) is 56.6 Å². The van der Waals surface area contributed by atoms with E-state index in [1.165, 1.54) is 0 Å². The van der Waals surface area contributed by atoms with Gasteiger partial charge in [-0.25, -0.2) is 0 Å². The third-order valence-corrected chi connectivity index (χ3v) is 4.43. The second-order valence-electron chi connectivity index (χ2n) is 6.09. The van der Waals surface area contributed by atoms with Crippen LogP contribution in [0.15, 0.2) is 28.7 Å². The first-order valence-electron chi connectivity index (χ1n) is 8.57. The molecule has 8 nitrogen and oxygen atoms in total. The van der Waals surface area contributed by atoms with Crippen molar-refractivity contribution in [1.82, 2.24) is 20.0 Å². The highest BCUT2D eigenvalue weighted by Gasteiger charge is 2.22. The molecule has 1 aromatic carbocycles. The van der Waals surface area contributed by atoms with Crippen LogP contribution in [0.3, 0.4) is 0 Å². The fourth-order valence-electron chi connectivity index (χ4n) is 2.93. The summed E-state index contributed by atoms with van der Waals surface area (Å²) in [7, 11) is 1.58. The molecule has 0 N–H and O–H groups in total. The minimum absolute atomic E-state index is 0.0326. The second kappa shape index (κ2) is 7.99. The zero-order chi connectivity index (χ0) is 18.5. The van der Waals surface area contributed by atoms with Crippen LogP contribution in [-0.2, 0) is 16.0 Å². The maximum absolute atomic E-state index is 12.3. The van der Waals surface area contributed by atoms with Gasteiger partial charge in [0.2, 0.25) is 17.7 Å². The van der Waals surface area contributed by atoms with Crippen molar-refractivity contribution in [3.05, 3.63) is 30.2 Å². The molecule has 0 saturated carbocycles. The predicted octanol–water partition coefficient (Wildman–Crippen LogP) is 1.37. The SMILES string of the molecule is COc1ccccc1-c1nnc(CCC(=O)N2CCN(C(C)=O)CC2)o1. The molecule has 3 rings (SSSR count). The maximum Gasteiger partial charge on any atom is 0.251 e. The lowest BCUT2D eigenvalue weighted by Crippen LogP contribution is -2.50. The minimum atomic E-state index is 0.0326. The number of methoxy groups -OCH3 is 1. The Kier molecular flexibility index (Phi) is 5.50. The van der Waals surface area contributed by atoms with E-state index < -0.39 is 0 Å².